The first-order chi connectivity index (χ1) is 14.6. The Morgan fingerprint density at radius 3 is 2.63 bits per heavy atom. The van der Waals surface area contributed by atoms with Gasteiger partial charge in [-0.15, -0.1) is 0 Å². The Morgan fingerprint density at radius 1 is 1.07 bits per heavy atom. The van der Waals surface area contributed by atoms with Crippen LogP contribution in [0.15, 0.2) is 24.3 Å². The highest BCUT2D eigenvalue weighted by Crippen LogP contribution is 2.23. The highest BCUT2D eigenvalue weighted by Gasteiger charge is 2.31. The summed E-state index contributed by atoms with van der Waals surface area (Å²) in [6.07, 6.45) is 4.76. The van der Waals surface area contributed by atoms with Crippen molar-refractivity contribution in [1.82, 2.24) is 14.7 Å². The number of hydrogen-bond acceptors (Lipinski definition) is 4. The van der Waals surface area contributed by atoms with Crippen molar-refractivity contribution >= 4 is 11.8 Å². The van der Waals surface area contributed by atoms with Crippen molar-refractivity contribution in [2.75, 3.05) is 45.9 Å². The fourth-order valence-electron chi connectivity index (χ4n) is 4.88. The molecule has 0 saturated carbocycles. The number of carbonyl (C=O) groups excluding carboxylic acids is 2. The van der Waals surface area contributed by atoms with Gasteiger partial charge in [0.05, 0.1) is 0 Å². The molecule has 164 valence electrons. The van der Waals surface area contributed by atoms with Crippen molar-refractivity contribution in [2.24, 2.45) is 0 Å². The van der Waals surface area contributed by atoms with Crippen molar-refractivity contribution in [3.63, 3.8) is 0 Å². The Bertz CT molecular complexity index is 745. The van der Waals surface area contributed by atoms with Crippen molar-refractivity contribution in [3.8, 4) is 0 Å². The molecule has 7 heteroatoms. The summed E-state index contributed by atoms with van der Waals surface area (Å²) in [4.78, 5) is 31.5. The maximum Gasteiger partial charge on any atom is 0.251 e. The predicted molar refractivity (Wildman–Crippen MR) is 111 cm³/mol. The van der Waals surface area contributed by atoms with Gasteiger partial charge in [0.15, 0.2) is 0 Å². The molecule has 3 heterocycles. The van der Waals surface area contributed by atoms with Gasteiger partial charge in [0.2, 0.25) is 5.91 Å². The summed E-state index contributed by atoms with van der Waals surface area (Å²) in [5, 5.41) is 0. The van der Waals surface area contributed by atoms with Crippen molar-refractivity contribution in [1.29, 1.82) is 0 Å². The molecule has 2 atom stereocenters. The normalized spacial score (nSPS) is 25.1. The summed E-state index contributed by atoms with van der Waals surface area (Å²) in [6.45, 7) is 5.23. The zero-order chi connectivity index (χ0) is 20.9. The van der Waals surface area contributed by atoms with Gasteiger partial charge in [-0.3, -0.25) is 14.5 Å². The van der Waals surface area contributed by atoms with Crippen LogP contribution >= 0.6 is 0 Å². The minimum absolute atomic E-state index is 0.125. The maximum absolute atomic E-state index is 13.5. The molecule has 1 aromatic rings. The van der Waals surface area contributed by atoms with Crippen LogP contribution in [0.1, 0.15) is 37.7 Å². The van der Waals surface area contributed by atoms with E-state index in [9.17, 15) is 14.0 Å². The van der Waals surface area contributed by atoms with Crippen LogP contribution < -0.4 is 0 Å². The maximum atomic E-state index is 13.5. The van der Waals surface area contributed by atoms with E-state index in [0.717, 1.165) is 57.4 Å². The number of benzene rings is 1. The van der Waals surface area contributed by atoms with E-state index in [4.69, 9.17) is 4.74 Å². The molecule has 3 aliphatic heterocycles. The van der Waals surface area contributed by atoms with Crippen LogP contribution in [0.5, 0.6) is 0 Å². The Balaban J connectivity index is 1.21. The lowest BCUT2D eigenvalue weighted by Gasteiger charge is -2.36. The van der Waals surface area contributed by atoms with Crippen molar-refractivity contribution in [2.45, 2.75) is 50.7 Å². The van der Waals surface area contributed by atoms with E-state index >= 15 is 0 Å². The SMILES string of the molecule is O=C([C@@H]1CCCO1)N1CCN(CCC(=O)N2CCC[C@H]2Cc2cccc(F)c2)CC1. The number of ether oxygens (including phenoxy) is 1. The quantitative estimate of drug-likeness (QED) is 0.711. The Kier molecular flexibility index (Phi) is 7.00. The Hall–Kier alpha value is -1.99. The molecule has 3 saturated heterocycles. The molecule has 4 rings (SSSR count). The lowest BCUT2D eigenvalue weighted by atomic mass is 10.0. The van der Waals surface area contributed by atoms with Crippen LogP contribution in [0.2, 0.25) is 0 Å². The monoisotopic (exact) mass is 417 g/mol. The molecule has 6 nitrogen and oxygen atoms in total. The third-order valence-electron chi connectivity index (χ3n) is 6.59. The number of hydrogen-bond donors (Lipinski definition) is 0. The van der Waals surface area contributed by atoms with E-state index in [-0.39, 0.29) is 29.8 Å². The highest BCUT2D eigenvalue weighted by molar-refractivity contribution is 5.81. The molecule has 2 amide bonds. The molecule has 3 aliphatic rings. The predicted octanol–water partition coefficient (Wildman–Crippen LogP) is 2.07. The largest absolute Gasteiger partial charge is 0.368 e. The van der Waals surface area contributed by atoms with Crippen molar-refractivity contribution < 1.29 is 18.7 Å². The second-order valence-corrected chi connectivity index (χ2v) is 8.64. The number of rotatable bonds is 6. The van der Waals surface area contributed by atoms with Gasteiger partial charge < -0.3 is 14.5 Å². The van der Waals surface area contributed by atoms with Gasteiger partial charge in [-0.1, -0.05) is 12.1 Å². The zero-order valence-corrected chi connectivity index (χ0v) is 17.6. The smallest absolute Gasteiger partial charge is 0.251 e. The standard InChI is InChI=1S/C23H32FN3O3/c24-19-5-1-4-18(16-19)17-20-6-2-9-27(20)22(28)8-10-25-11-13-26(14-12-25)23(29)21-7-3-15-30-21/h1,4-5,16,20-21H,2-3,6-15,17H2/t20-,21-/m0/s1. The van der Waals surface area contributed by atoms with Crippen LogP contribution in [0.25, 0.3) is 0 Å². The van der Waals surface area contributed by atoms with Gasteiger partial charge in [0.25, 0.3) is 5.91 Å². The fraction of sp³-hybridized carbons (Fsp3) is 0.652. The van der Waals surface area contributed by atoms with E-state index < -0.39 is 0 Å². The highest BCUT2D eigenvalue weighted by atomic mass is 19.1. The number of carbonyl (C=O) groups is 2. The minimum atomic E-state index is -0.247. The second kappa shape index (κ2) is 9.88. The first-order valence-electron chi connectivity index (χ1n) is 11.3. The lowest BCUT2D eigenvalue weighted by Crippen LogP contribution is -2.52. The van der Waals surface area contributed by atoms with Crippen molar-refractivity contribution in [3.05, 3.63) is 35.6 Å². The van der Waals surface area contributed by atoms with Crippen LogP contribution in [-0.4, -0.2) is 84.5 Å². The number of halogens is 1. The number of likely N-dealkylation sites (tertiary alicyclic amines) is 1. The molecule has 0 unspecified atom stereocenters. The van der Waals surface area contributed by atoms with E-state index in [2.05, 4.69) is 4.90 Å². The minimum Gasteiger partial charge on any atom is -0.368 e. The summed E-state index contributed by atoms with van der Waals surface area (Å²) >= 11 is 0. The molecule has 0 aromatic heterocycles. The molecule has 0 aliphatic carbocycles. The van der Waals surface area contributed by atoms with Gasteiger partial charge in [-0.25, -0.2) is 4.39 Å². The summed E-state index contributed by atoms with van der Waals surface area (Å²) in [5.74, 6) is 0.0905. The van der Waals surface area contributed by atoms with Gasteiger partial charge in [-0.05, 0) is 49.8 Å². The molecule has 0 spiro atoms. The second-order valence-electron chi connectivity index (χ2n) is 8.64. The number of piperazine rings is 1. The first-order valence-corrected chi connectivity index (χ1v) is 11.3. The molecule has 0 radical (unpaired) electrons. The zero-order valence-electron chi connectivity index (χ0n) is 17.6. The van der Waals surface area contributed by atoms with E-state index in [1.165, 1.54) is 6.07 Å². The van der Waals surface area contributed by atoms with Gasteiger partial charge in [0.1, 0.15) is 11.9 Å². The van der Waals surface area contributed by atoms with Crippen LogP contribution in [-0.2, 0) is 20.7 Å². The first kappa shape index (κ1) is 21.2. The van der Waals surface area contributed by atoms with E-state index in [1.807, 2.05) is 15.9 Å². The summed E-state index contributed by atoms with van der Waals surface area (Å²) in [6, 6.07) is 6.85. The van der Waals surface area contributed by atoms with Gasteiger partial charge in [0, 0.05) is 58.3 Å². The number of amides is 2. The van der Waals surface area contributed by atoms with E-state index in [0.29, 0.717) is 32.5 Å². The summed E-state index contributed by atoms with van der Waals surface area (Å²) in [7, 11) is 0. The molecular formula is C23H32FN3O3. The molecule has 1 aromatic carbocycles. The fourth-order valence-corrected chi connectivity index (χ4v) is 4.88. The van der Waals surface area contributed by atoms with Crippen LogP contribution in [0, 0.1) is 5.82 Å². The third kappa shape index (κ3) is 5.19. The summed E-state index contributed by atoms with van der Waals surface area (Å²) in [5.41, 5.74) is 0.951. The van der Waals surface area contributed by atoms with Crippen LogP contribution in [0.3, 0.4) is 0 Å². The van der Waals surface area contributed by atoms with Gasteiger partial charge in [-0.2, -0.15) is 0 Å². The Morgan fingerprint density at radius 2 is 1.90 bits per heavy atom. The number of nitrogens with zero attached hydrogens (tertiary/aromatic N) is 3. The summed E-state index contributed by atoms with van der Waals surface area (Å²) < 4.78 is 19.0. The molecular weight excluding hydrogens is 385 g/mol. The van der Waals surface area contributed by atoms with Gasteiger partial charge >= 0.3 is 0 Å². The molecule has 0 bridgehead atoms. The van der Waals surface area contributed by atoms with E-state index in [1.54, 1.807) is 12.1 Å². The molecule has 0 N–H and O–H groups in total. The molecule has 3 fully saturated rings. The average molecular weight is 418 g/mol. The topological polar surface area (TPSA) is 53.1 Å². The van der Waals surface area contributed by atoms with Crippen LogP contribution in [0.4, 0.5) is 4.39 Å². The molecule has 30 heavy (non-hydrogen) atoms. The third-order valence-corrected chi connectivity index (χ3v) is 6.59. The Labute approximate surface area is 177 Å². The lowest BCUT2D eigenvalue weighted by molar-refractivity contribution is -0.143. The average Bonchev–Trinajstić information content (AvgIpc) is 3.44.